The Morgan fingerprint density at radius 2 is 1.88 bits per heavy atom. The molecule has 16 heavy (non-hydrogen) atoms. The lowest BCUT2D eigenvalue weighted by Crippen LogP contribution is -2.41. The molecule has 0 aromatic heterocycles. The minimum Gasteiger partial charge on any atom is -0.381 e. The van der Waals surface area contributed by atoms with Gasteiger partial charge in [0.15, 0.2) is 9.84 Å². The van der Waals surface area contributed by atoms with E-state index in [0.29, 0.717) is 19.6 Å². The van der Waals surface area contributed by atoms with Crippen molar-refractivity contribution in [2.75, 3.05) is 24.7 Å². The van der Waals surface area contributed by atoms with Gasteiger partial charge in [0.1, 0.15) is 0 Å². The van der Waals surface area contributed by atoms with Crippen LogP contribution in [0.25, 0.3) is 0 Å². The molecular formula is C10H17NO4S. The Labute approximate surface area is 95.5 Å². The summed E-state index contributed by atoms with van der Waals surface area (Å²) < 4.78 is 27.6. The van der Waals surface area contributed by atoms with Crippen molar-refractivity contribution in [3.05, 3.63) is 0 Å². The maximum absolute atomic E-state index is 11.8. The molecule has 2 fully saturated rings. The second-order valence-electron chi connectivity index (χ2n) is 4.50. The van der Waals surface area contributed by atoms with E-state index in [2.05, 4.69) is 5.32 Å². The first-order valence-electron chi connectivity index (χ1n) is 5.65. The van der Waals surface area contributed by atoms with Crippen LogP contribution in [0.15, 0.2) is 0 Å². The zero-order valence-corrected chi connectivity index (χ0v) is 9.96. The highest BCUT2D eigenvalue weighted by Gasteiger charge is 2.31. The van der Waals surface area contributed by atoms with Gasteiger partial charge in [-0.15, -0.1) is 0 Å². The molecule has 1 amide bonds. The molecule has 0 spiro atoms. The number of ether oxygens (including phenoxy) is 1. The van der Waals surface area contributed by atoms with Crippen LogP contribution >= 0.6 is 0 Å². The van der Waals surface area contributed by atoms with Crippen LogP contribution < -0.4 is 5.32 Å². The first-order valence-corrected chi connectivity index (χ1v) is 7.47. The molecule has 6 heteroatoms. The Morgan fingerprint density at radius 1 is 1.19 bits per heavy atom. The Kier molecular flexibility index (Phi) is 3.49. The minimum atomic E-state index is -2.91. The molecular weight excluding hydrogens is 230 g/mol. The van der Waals surface area contributed by atoms with E-state index in [4.69, 9.17) is 4.74 Å². The molecule has 2 aliphatic rings. The third-order valence-electron chi connectivity index (χ3n) is 3.17. The Bertz CT molecular complexity index is 359. The average molecular weight is 247 g/mol. The van der Waals surface area contributed by atoms with E-state index in [1.165, 1.54) is 0 Å². The van der Waals surface area contributed by atoms with Gasteiger partial charge in [0.25, 0.3) is 0 Å². The second kappa shape index (κ2) is 4.71. The number of hydrogen-bond acceptors (Lipinski definition) is 4. The van der Waals surface area contributed by atoms with Gasteiger partial charge in [-0.25, -0.2) is 8.42 Å². The predicted octanol–water partition coefficient (Wildman–Crippen LogP) is -0.284. The van der Waals surface area contributed by atoms with Crippen LogP contribution in [0.5, 0.6) is 0 Å². The lowest BCUT2D eigenvalue weighted by atomic mass is 9.99. The first-order chi connectivity index (χ1) is 7.57. The van der Waals surface area contributed by atoms with Gasteiger partial charge in [0, 0.05) is 25.2 Å². The number of nitrogens with one attached hydrogen (secondary N) is 1. The van der Waals surface area contributed by atoms with Gasteiger partial charge in [-0.3, -0.25) is 4.79 Å². The van der Waals surface area contributed by atoms with E-state index in [0.717, 1.165) is 12.8 Å². The Hall–Kier alpha value is -0.620. The van der Waals surface area contributed by atoms with Crippen molar-refractivity contribution in [2.45, 2.75) is 25.3 Å². The molecule has 1 unspecified atom stereocenters. The molecule has 0 aromatic carbocycles. The van der Waals surface area contributed by atoms with Gasteiger partial charge in [-0.1, -0.05) is 0 Å². The molecule has 2 aliphatic heterocycles. The molecule has 0 radical (unpaired) electrons. The summed E-state index contributed by atoms with van der Waals surface area (Å²) in [4.78, 5) is 11.8. The van der Waals surface area contributed by atoms with E-state index < -0.39 is 9.84 Å². The van der Waals surface area contributed by atoms with Crippen LogP contribution in [-0.2, 0) is 19.4 Å². The van der Waals surface area contributed by atoms with Crippen LogP contribution in [-0.4, -0.2) is 45.1 Å². The standard InChI is InChI=1S/C10H17NO4S/c12-10(8-1-4-15-5-2-8)11-9-3-6-16(13,14)7-9/h8-9H,1-7H2,(H,11,12). The molecule has 2 rings (SSSR count). The van der Waals surface area contributed by atoms with Crippen molar-refractivity contribution in [1.82, 2.24) is 5.32 Å². The smallest absolute Gasteiger partial charge is 0.223 e. The molecule has 0 aliphatic carbocycles. The van der Waals surface area contributed by atoms with E-state index in [-0.39, 0.29) is 29.4 Å². The summed E-state index contributed by atoms with van der Waals surface area (Å²) >= 11 is 0. The van der Waals surface area contributed by atoms with Crippen LogP contribution in [0.4, 0.5) is 0 Å². The summed E-state index contributed by atoms with van der Waals surface area (Å²) in [7, 11) is -2.91. The number of amides is 1. The normalized spacial score (nSPS) is 30.1. The summed E-state index contributed by atoms with van der Waals surface area (Å²) in [5.74, 6) is 0.288. The highest BCUT2D eigenvalue weighted by Crippen LogP contribution is 2.17. The van der Waals surface area contributed by atoms with Crippen molar-refractivity contribution in [2.24, 2.45) is 5.92 Å². The second-order valence-corrected chi connectivity index (χ2v) is 6.72. The van der Waals surface area contributed by atoms with Gasteiger partial charge in [0.05, 0.1) is 11.5 Å². The molecule has 0 saturated carbocycles. The number of sulfone groups is 1. The Morgan fingerprint density at radius 3 is 2.44 bits per heavy atom. The first kappa shape index (κ1) is 11.9. The SMILES string of the molecule is O=C(NC1CCS(=O)(=O)C1)C1CCOCC1. The predicted molar refractivity (Wildman–Crippen MR) is 58.7 cm³/mol. The van der Waals surface area contributed by atoms with Gasteiger partial charge in [0.2, 0.25) is 5.91 Å². The van der Waals surface area contributed by atoms with E-state index in [1.807, 2.05) is 0 Å². The van der Waals surface area contributed by atoms with Crippen molar-refractivity contribution >= 4 is 15.7 Å². The summed E-state index contributed by atoms with van der Waals surface area (Å²) in [6.45, 7) is 1.25. The molecule has 92 valence electrons. The van der Waals surface area contributed by atoms with Gasteiger partial charge < -0.3 is 10.1 Å². The van der Waals surface area contributed by atoms with Crippen LogP contribution in [0.1, 0.15) is 19.3 Å². The maximum Gasteiger partial charge on any atom is 0.223 e. The minimum absolute atomic E-state index is 0.00273. The third-order valence-corrected chi connectivity index (χ3v) is 4.94. The summed E-state index contributed by atoms with van der Waals surface area (Å²) in [5, 5.41) is 2.83. The number of hydrogen-bond donors (Lipinski definition) is 1. The van der Waals surface area contributed by atoms with Gasteiger partial charge in [-0.05, 0) is 19.3 Å². The third kappa shape index (κ3) is 2.95. The molecule has 0 aromatic rings. The van der Waals surface area contributed by atoms with Crippen molar-refractivity contribution in [3.63, 3.8) is 0 Å². The highest BCUT2D eigenvalue weighted by atomic mass is 32.2. The molecule has 0 bridgehead atoms. The summed E-state index contributed by atoms with van der Waals surface area (Å²) in [6.07, 6.45) is 2.04. The topological polar surface area (TPSA) is 72.5 Å². The van der Waals surface area contributed by atoms with Crippen LogP contribution in [0.3, 0.4) is 0 Å². The van der Waals surface area contributed by atoms with E-state index >= 15 is 0 Å². The van der Waals surface area contributed by atoms with E-state index in [9.17, 15) is 13.2 Å². The summed E-state index contributed by atoms with van der Waals surface area (Å²) in [5.41, 5.74) is 0. The van der Waals surface area contributed by atoms with Crippen molar-refractivity contribution in [3.8, 4) is 0 Å². The lowest BCUT2D eigenvalue weighted by molar-refractivity contribution is -0.128. The maximum atomic E-state index is 11.8. The number of carbonyl (C=O) groups is 1. The molecule has 5 nitrogen and oxygen atoms in total. The zero-order chi connectivity index (χ0) is 11.6. The lowest BCUT2D eigenvalue weighted by Gasteiger charge is -2.22. The fourth-order valence-corrected chi connectivity index (χ4v) is 3.86. The number of carbonyl (C=O) groups excluding carboxylic acids is 1. The van der Waals surface area contributed by atoms with Crippen molar-refractivity contribution in [1.29, 1.82) is 0 Å². The average Bonchev–Trinajstić information content (AvgIpc) is 2.59. The summed E-state index contributed by atoms with van der Waals surface area (Å²) in [6, 6.07) is -0.180. The monoisotopic (exact) mass is 247 g/mol. The fourth-order valence-electron chi connectivity index (χ4n) is 2.19. The van der Waals surface area contributed by atoms with E-state index in [1.54, 1.807) is 0 Å². The quantitative estimate of drug-likeness (QED) is 0.728. The van der Waals surface area contributed by atoms with Crippen LogP contribution in [0.2, 0.25) is 0 Å². The number of rotatable bonds is 2. The molecule has 1 atom stereocenters. The zero-order valence-electron chi connectivity index (χ0n) is 9.15. The highest BCUT2D eigenvalue weighted by molar-refractivity contribution is 7.91. The van der Waals surface area contributed by atoms with Gasteiger partial charge in [-0.2, -0.15) is 0 Å². The van der Waals surface area contributed by atoms with Crippen LogP contribution in [0, 0.1) is 5.92 Å². The molecule has 2 heterocycles. The Balaban J connectivity index is 1.83. The van der Waals surface area contributed by atoms with Gasteiger partial charge >= 0.3 is 0 Å². The fraction of sp³-hybridized carbons (Fsp3) is 0.900. The van der Waals surface area contributed by atoms with Crippen molar-refractivity contribution < 1.29 is 17.9 Å². The molecule has 1 N–H and O–H groups in total. The largest absolute Gasteiger partial charge is 0.381 e. The molecule has 2 saturated heterocycles.